The third-order valence-corrected chi connectivity index (χ3v) is 8.01. The predicted octanol–water partition coefficient (Wildman–Crippen LogP) is 0.666. The summed E-state index contributed by atoms with van der Waals surface area (Å²) in [4.78, 5) is 0. The molecule has 21 heavy (non-hydrogen) atoms. The molecule has 0 aliphatic carbocycles. The zero-order valence-corrected chi connectivity index (χ0v) is 12.5. The van der Waals surface area contributed by atoms with Gasteiger partial charge in [-0.25, -0.2) is 25.6 Å². The zero-order valence-electron chi connectivity index (χ0n) is 10.9. The molecule has 2 atom stereocenters. The first-order valence-corrected chi connectivity index (χ1v) is 9.66. The summed E-state index contributed by atoms with van der Waals surface area (Å²) in [6.07, 6.45) is 0.285. The molecule has 2 aliphatic rings. The van der Waals surface area contributed by atoms with Gasteiger partial charge in [0, 0.05) is 18.2 Å². The maximum absolute atomic E-state index is 13.6. The Morgan fingerprint density at radius 2 is 2.00 bits per heavy atom. The summed E-state index contributed by atoms with van der Waals surface area (Å²) in [7, 11) is -7.08. The van der Waals surface area contributed by atoms with Crippen LogP contribution >= 0.6 is 0 Å². The van der Waals surface area contributed by atoms with Crippen LogP contribution in [0.1, 0.15) is 12.0 Å². The Hall–Kier alpha value is -1.06. The zero-order chi connectivity index (χ0) is 15.4. The number of rotatable bonds is 3. The molecule has 2 heterocycles. The fraction of sp³-hybridized carbons (Fsp3) is 0.500. The van der Waals surface area contributed by atoms with Crippen molar-refractivity contribution >= 4 is 19.9 Å². The summed E-state index contributed by atoms with van der Waals surface area (Å²) in [6, 6.07) is 2.05. The molecular formula is C12H13F2NO4S2. The van der Waals surface area contributed by atoms with Crippen molar-refractivity contribution in [3.8, 4) is 0 Å². The van der Waals surface area contributed by atoms with E-state index in [-0.39, 0.29) is 24.3 Å². The fourth-order valence-electron chi connectivity index (χ4n) is 2.93. The number of hydrogen-bond donors (Lipinski definition) is 0. The van der Waals surface area contributed by atoms with E-state index in [1.807, 2.05) is 0 Å². The number of halogens is 2. The van der Waals surface area contributed by atoms with Crippen molar-refractivity contribution < 1.29 is 25.6 Å². The van der Waals surface area contributed by atoms with Gasteiger partial charge in [-0.15, -0.1) is 0 Å². The molecule has 116 valence electrons. The molecule has 1 aromatic rings. The SMILES string of the molecule is O=S1(=O)CC2CC1CN2S(=O)(=O)Cc1cc(F)ccc1F. The van der Waals surface area contributed by atoms with Crippen molar-refractivity contribution in [2.45, 2.75) is 23.5 Å². The molecule has 0 N–H and O–H groups in total. The van der Waals surface area contributed by atoms with Gasteiger partial charge < -0.3 is 0 Å². The molecule has 0 radical (unpaired) electrons. The quantitative estimate of drug-likeness (QED) is 0.813. The van der Waals surface area contributed by atoms with Crippen LogP contribution in [0.4, 0.5) is 8.78 Å². The van der Waals surface area contributed by atoms with Gasteiger partial charge in [-0.2, -0.15) is 4.31 Å². The van der Waals surface area contributed by atoms with Gasteiger partial charge in [0.1, 0.15) is 11.6 Å². The molecule has 0 spiro atoms. The standard InChI is InChI=1S/C12H13F2NO4S2/c13-9-1-2-12(14)8(3-9)6-21(18,19)15-5-11-4-10(15)7-20(11,16)17/h1-3,10-11H,4-7H2. The van der Waals surface area contributed by atoms with Crippen LogP contribution in [-0.4, -0.2) is 44.7 Å². The number of hydrogen-bond acceptors (Lipinski definition) is 4. The van der Waals surface area contributed by atoms with E-state index in [1.54, 1.807) is 0 Å². The second kappa shape index (κ2) is 4.72. The first-order valence-electron chi connectivity index (χ1n) is 6.34. The van der Waals surface area contributed by atoms with Crippen LogP contribution in [0.2, 0.25) is 0 Å². The van der Waals surface area contributed by atoms with Crippen LogP contribution in [-0.2, 0) is 25.6 Å². The van der Waals surface area contributed by atoms with Crippen LogP contribution < -0.4 is 0 Å². The average molecular weight is 337 g/mol. The third-order valence-electron chi connectivity index (χ3n) is 3.96. The summed E-state index contributed by atoms with van der Waals surface area (Å²) in [5.74, 6) is -2.37. The molecule has 2 saturated heterocycles. The van der Waals surface area contributed by atoms with E-state index in [2.05, 4.69) is 0 Å². The number of sulfone groups is 1. The van der Waals surface area contributed by atoms with Gasteiger partial charge in [0.25, 0.3) is 0 Å². The van der Waals surface area contributed by atoms with E-state index in [4.69, 9.17) is 0 Å². The largest absolute Gasteiger partial charge is 0.228 e. The molecule has 5 nitrogen and oxygen atoms in total. The molecule has 0 saturated carbocycles. The van der Waals surface area contributed by atoms with Crippen LogP contribution in [0.3, 0.4) is 0 Å². The maximum Gasteiger partial charge on any atom is 0.218 e. The Kier molecular flexibility index (Phi) is 3.34. The molecule has 3 rings (SSSR count). The topological polar surface area (TPSA) is 71.5 Å². The number of nitrogens with zero attached hydrogens (tertiary/aromatic N) is 1. The molecule has 2 aliphatic heterocycles. The van der Waals surface area contributed by atoms with Crippen molar-refractivity contribution in [3.05, 3.63) is 35.4 Å². The second-order valence-corrected chi connectivity index (χ2v) is 9.65. The summed E-state index contributed by atoms with van der Waals surface area (Å²) < 4.78 is 75.6. The van der Waals surface area contributed by atoms with E-state index < -0.39 is 48.5 Å². The second-order valence-electron chi connectivity index (χ2n) is 5.40. The predicted molar refractivity (Wildman–Crippen MR) is 71.7 cm³/mol. The van der Waals surface area contributed by atoms with Gasteiger partial charge in [0.05, 0.1) is 16.8 Å². The maximum atomic E-state index is 13.6. The fourth-order valence-corrected chi connectivity index (χ4v) is 6.95. The highest BCUT2D eigenvalue weighted by molar-refractivity contribution is 7.93. The number of sulfonamides is 1. The summed E-state index contributed by atoms with van der Waals surface area (Å²) in [5.41, 5.74) is -0.249. The highest BCUT2D eigenvalue weighted by Crippen LogP contribution is 2.35. The Balaban J connectivity index is 1.85. The van der Waals surface area contributed by atoms with Crippen LogP contribution in [0, 0.1) is 11.6 Å². The number of fused-ring (bicyclic) bond motifs is 2. The van der Waals surface area contributed by atoms with Crippen LogP contribution in [0.5, 0.6) is 0 Å². The molecule has 9 heteroatoms. The van der Waals surface area contributed by atoms with E-state index in [1.165, 1.54) is 0 Å². The van der Waals surface area contributed by atoms with Crippen molar-refractivity contribution in [2.75, 3.05) is 12.3 Å². The summed E-state index contributed by atoms with van der Waals surface area (Å²) >= 11 is 0. The molecule has 2 fully saturated rings. The van der Waals surface area contributed by atoms with Crippen molar-refractivity contribution in [3.63, 3.8) is 0 Å². The first kappa shape index (κ1) is 14.9. The molecule has 2 bridgehead atoms. The van der Waals surface area contributed by atoms with Gasteiger partial charge in [-0.3, -0.25) is 0 Å². The first-order chi connectivity index (χ1) is 9.69. The highest BCUT2D eigenvalue weighted by Gasteiger charge is 2.52. The van der Waals surface area contributed by atoms with Crippen molar-refractivity contribution in [2.24, 2.45) is 0 Å². The van der Waals surface area contributed by atoms with Gasteiger partial charge in [0.2, 0.25) is 10.0 Å². The molecule has 1 aromatic carbocycles. The monoisotopic (exact) mass is 337 g/mol. The Labute approximate surface area is 121 Å². The van der Waals surface area contributed by atoms with E-state index in [0.717, 1.165) is 22.5 Å². The minimum Gasteiger partial charge on any atom is -0.228 e. The van der Waals surface area contributed by atoms with Gasteiger partial charge >= 0.3 is 0 Å². The summed E-state index contributed by atoms with van der Waals surface area (Å²) in [6.45, 7) is -0.0910. The normalized spacial score (nSPS) is 28.1. The highest BCUT2D eigenvalue weighted by atomic mass is 32.2. The molecule has 0 amide bonds. The third kappa shape index (κ3) is 2.58. The van der Waals surface area contributed by atoms with E-state index in [0.29, 0.717) is 0 Å². The Morgan fingerprint density at radius 1 is 1.29 bits per heavy atom. The lowest BCUT2D eigenvalue weighted by Gasteiger charge is -2.26. The van der Waals surface area contributed by atoms with Crippen molar-refractivity contribution in [1.29, 1.82) is 0 Å². The molecular weight excluding hydrogens is 324 g/mol. The van der Waals surface area contributed by atoms with Gasteiger partial charge in [0.15, 0.2) is 9.84 Å². The number of benzene rings is 1. The minimum absolute atomic E-state index is 0.0910. The molecule has 0 aromatic heterocycles. The van der Waals surface area contributed by atoms with Gasteiger partial charge in [-0.05, 0) is 24.6 Å². The van der Waals surface area contributed by atoms with Crippen LogP contribution in [0.25, 0.3) is 0 Å². The molecule has 2 unspecified atom stereocenters. The average Bonchev–Trinajstić information content (AvgIpc) is 2.89. The Bertz CT molecular complexity index is 791. The van der Waals surface area contributed by atoms with Crippen LogP contribution in [0.15, 0.2) is 18.2 Å². The van der Waals surface area contributed by atoms with E-state index >= 15 is 0 Å². The Morgan fingerprint density at radius 3 is 2.57 bits per heavy atom. The lowest BCUT2D eigenvalue weighted by atomic mass is 10.2. The van der Waals surface area contributed by atoms with Crippen molar-refractivity contribution in [1.82, 2.24) is 4.31 Å². The minimum atomic E-state index is -3.87. The smallest absolute Gasteiger partial charge is 0.218 e. The van der Waals surface area contributed by atoms with E-state index in [9.17, 15) is 25.6 Å². The lowest BCUT2D eigenvalue weighted by Crippen LogP contribution is -2.44. The van der Waals surface area contributed by atoms with Gasteiger partial charge in [-0.1, -0.05) is 0 Å². The summed E-state index contributed by atoms with van der Waals surface area (Å²) in [5, 5.41) is -0.672. The lowest BCUT2D eigenvalue weighted by molar-refractivity contribution is 0.401.